The number of carboxylic acid groups (broad SMARTS) is 1. The van der Waals surface area contributed by atoms with E-state index in [2.05, 4.69) is 5.32 Å². The SMILES string of the molecule is CCN(CC)C(=O)CNC1CCC(C(=O)O)CC1. The number of likely N-dealkylation sites (N-methyl/N-ethyl adjacent to an activating group) is 1. The van der Waals surface area contributed by atoms with Gasteiger partial charge in [-0.15, -0.1) is 0 Å². The number of carbonyl (C=O) groups excluding carboxylic acids is 1. The molecule has 1 saturated carbocycles. The van der Waals surface area contributed by atoms with Crippen LogP contribution in [0, 0.1) is 5.92 Å². The van der Waals surface area contributed by atoms with Gasteiger partial charge in [0, 0.05) is 19.1 Å². The standard InChI is InChI=1S/C13H24N2O3/c1-3-15(4-2)12(16)9-14-11-7-5-10(6-8-11)13(17)18/h10-11,14H,3-9H2,1-2H3,(H,17,18). The zero-order valence-corrected chi connectivity index (χ0v) is 11.3. The van der Waals surface area contributed by atoms with Gasteiger partial charge >= 0.3 is 5.97 Å². The summed E-state index contributed by atoms with van der Waals surface area (Å²) in [6.07, 6.45) is 3.13. The van der Waals surface area contributed by atoms with E-state index in [-0.39, 0.29) is 11.8 Å². The predicted octanol–water partition coefficient (Wildman–Crippen LogP) is 1.09. The first kappa shape index (κ1) is 15.0. The van der Waals surface area contributed by atoms with E-state index in [9.17, 15) is 9.59 Å². The lowest BCUT2D eigenvalue weighted by Crippen LogP contribution is -2.43. The van der Waals surface area contributed by atoms with Crippen molar-refractivity contribution in [1.82, 2.24) is 10.2 Å². The Bertz CT molecular complexity index is 282. The van der Waals surface area contributed by atoms with E-state index in [0.29, 0.717) is 25.4 Å². The summed E-state index contributed by atoms with van der Waals surface area (Å²) in [5.74, 6) is -0.755. The summed E-state index contributed by atoms with van der Waals surface area (Å²) >= 11 is 0. The Labute approximate surface area is 109 Å². The number of nitrogens with zero attached hydrogens (tertiary/aromatic N) is 1. The van der Waals surface area contributed by atoms with E-state index in [1.807, 2.05) is 13.8 Å². The molecule has 5 heteroatoms. The normalized spacial score (nSPS) is 23.7. The number of nitrogens with one attached hydrogen (secondary N) is 1. The molecule has 5 nitrogen and oxygen atoms in total. The Kier molecular flexibility index (Phi) is 6.12. The maximum atomic E-state index is 11.8. The molecule has 0 spiro atoms. The van der Waals surface area contributed by atoms with Crippen LogP contribution in [0.2, 0.25) is 0 Å². The van der Waals surface area contributed by atoms with E-state index in [0.717, 1.165) is 25.9 Å². The Morgan fingerprint density at radius 1 is 1.17 bits per heavy atom. The largest absolute Gasteiger partial charge is 0.481 e. The third kappa shape index (κ3) is 4.29. The first-order valence-electron chi connectivity index (χ1n) is 6.82. The molecular formula is C13H24N2O3. The van der Waals surface area contributed by atoms with Crippen molar-refractivity contribution in [3.63, 3.8) is 0 Å². The average Bonchev–Trinajstić information content (AvgIpc) is 2.38. The van der Waals surface area contributed by atoms with Gasteiger partial charge in [0.25, 0.3) is 0 Å². The van der Waals surface area contributed by atoms with Crippen molar-refractivity contribution < 1.29 is 14.7 Å². The molecule has 2 N–H and O–H groups in total. The number of carbonyl (C=O) groups is 2. The molecule has 0 heterocycles. The maximum Gasteiger partial charge on any atom is 0.306 e. The van der Waals surface area contributed by atoms with Gasteiger partial charge in [-0.3, -0.25) is 9.59 Å². The first-order valence-corrected chi connectivity index (χ1v) is 6.82. The Morgan fingerprint density at radius 3 is 2.17 bits per heavy atom. The molecule has 0 unspecified atom stereocenters. The van der Waals surface area contributed by atoms with E-state index < -0.39 is 5.97 Å². The van der Waals surface area contributed by atoms with Crippen molar-refractivity contribution in [2.45, 2.75) is 45.6 Å². The van der Waals surface area contributed by atoms with Gasteiger partial charge in [0.15, 0.2) is 0 Å². The molecule has 0 aliphatic heterocycles. The second-order valence-electron chi connectivity index (χ2n) is 4.83. The Morgan fingerprint density at radius 2 is 1.72 bits per heavy atom. The Balaban J connectivity index is 2.25. The Hall–Kier alpha value is -1.10. The molecule has 1 amide bonds. The predicted molar refractivity (Wildman–Crippen MR) is 69.3 cm³/mol. The fourth-order valence-electron chi connectivity index (χ4n) is 2.46. The zero-order chi connectivity index (χ0) is 13.5. The van der Waals surface area contributed by atoms with Gasteiger partial charge in [-0.1, -0.05) is 0 Å². The summed E-state index contributed by atoms with van der Waals surface area (Å²) in [5.41, 5.74) is 0. The van der Waals surface area contributed by atoms with Gasteiger partial charge in [0.05, 0.1) is 12.5 Å². The number of hydrogen-bond donors (Lipinski definition) is 2. The molecule has 1 aliphatic carbocycles. The topological polar surface area (TPSA) is 69.6 Å². The number of rotatable bonds is 6. The molecule has 0 saturated heterocycles. The van der Waals surface area contributed by atoms with E-state index in [4.69, 9.17) is 5.11 Å². The van der Waals surface area contributed by atoms with Gasteiger partial charge in [-0.2, -0.15) is 0 Å². The van der Waals surface area contributed by atoms with Gasteiger partial charge in [0.1, 0.15) is 0 Å². The minimum atomic E-state index is -0.687. The summed E-state index contributed by atoms with van der Waals surface area (Å²) in [7, 11) is 0. The van der Waals surface area contributed by atoms with E-state index >= 15 is 0 Å². The molecule has 0 aromatic heterocycles. The van der Waals surface area contributed by atoms with Crippen LogP contribution in [0.3, 0.4) is 0 Å². The van der Waals surface area contributed by atoms with Crippen molar-refractivity contribution in [3.05, 3.63) is 0 Å². The molecule has 104 valence electrons. The molecule has 1 aliphatic rings. The summed E-state index contributed by atoms with van der Waals surface area (Å²) in [6.45, 7) is 5.79. The second-order valence-corrected chi connectivity index (χ2v) is 4.83. The molecule has 0 bridgehead atoms. The molecule has 1 fully saturated rings. The lowest BCUT2D eigenvalue weighted by molar-refractivity contribution is -0.143. The van der Waals surface area contributed by atoms with Gasteiger partial charge < -0.3 is 15.3 Å². The number of amides is 1. The lowest BCUT2D eigenvalue weighted by atomic mass is 9.86. The van der Waals surface area contributed by atoms with Crippen LogP contribution in [0.25, 0.3) is 0 Å². The van der Waals surface area contributed by atoms with E-state index in [1.54, 1.807) is 4.90 Å². The molecule has 0 aromatic carbocycles. The number of carboxylic acids is 1. The van der Waals surface area contributed by atoms with Crippen LogP contribution in [-0.4, -0.2) is 47.6 Å². The van der Waals surface area contributed by atoms with Crippen molar-refractivity contribution in [2.75, 3.05) is 19.6 Å². The molecule has 0 aromatic rings. The first-order chi connectivity index (χ1) is 8.58. The fraction of sp³-hybridized carbons (Fsp3) is 0.846. The van der Waals surface area contributed by atoms with Crippen LogP contribution < -0.4 is 5.32 Å². The van der Waals surface area contributed by atoms with Crippen molar-refractivity contribution >= 4 is 11.9 Å². The fourth-order valence-corrected chi connectivity index (χ4v) is 2.46. The molecule has 1 rings (SSSR count). The lowest BCUT2D eigenvalue weighted by Gasteiger charge is -2.27. The minimum Gasteiger partial charge on any atom is -0.481 e. The van der Waals surface area contributed by atoms with Crippen molar-refractivity contribution in [2.24, 2.45) is 5.92 Å². The molecular weight excluding hydrogens is 232 g/mol. The summed E-state index contributed by atoms with van der Waals surface area (Å²) < 4.78 is 0. The van der Waals surface area contributed by atoms with Gasteiger partial charge in [-0.25, -0.2) is 0 Å². The zero-order valence-electron chi connectivity index (χ0n) is 11.3. The summed E-state index contributed by atoms with van der Waals surface area (Å²) in [5, 5.41) is 12.1. The monoisotopic (exact) mass is 256 g/mol. The minimum absolute atomic E-state index is 0.125. The maximum absolute atomic E-state index is 11.8. The quantitative estimate of drug-likeness (QED) is 0.746. The van der Waals surface area contributed by atoms with Gasteiger partial charge in [-0.05, 0) is 39.5 Å². The highest BCUT2D eigenvalue weighted by Crippen LogP contribution is 2.24. The van der Waals surface area contributed by atoms with Crippen LogP contribution in [0.4, 0.5) is 0 Å². The molecule has 0 radical (unpaired) electrons. The van der Waals surface area contributed by atoms with E-state index in [1.165, 1.54) is 0 Å². The molecule has 0 atom stereocenters. The third-order valence-electron chi connectivity index (χ3n) is 3.73. The van der Waals surface area contributed by atoms with Crippen LogP contribution >= 0.6 is 0 Å². The van der Waals surface area contributed by atoms with Crippen LogP contribution in [-0.2, 0) is 9.59 Å². The highest BCUT2D eigenvalue weighted by atomic mass is 16.4. The number of aliphatic carboxylic acids is 1. The smallest absolute Gasteiger partial charge is 0.306 e. The van der Waals surface area contributed by atoms with Crippen LogP contribution in [0.5, 0.6) is 0 Å². The van der Waals surface area contributed by atoms with Crippen molar-refractivity contribution in [1.29, 1.82) is 0 Å². The van der Waals surface area contributed by atoms with Crippen molar-refractivity contribution in [3.8, 4) is 0 Å². The van der Waals surface area contributed by atoms with Crippen LogP contribution in [0.15, 0.2) is 0 Å². The second kappa shape index (κ2) is 7.36. The third-order valence-corrected chi connectivity index (χ3v) is 3.73. The van der Waals surface area contributed by atoms with Crippen LogP contribution in [0.1, 0.15) is 39.5 Å². The number of hydrogen-bond acceptors (Lipinski definition) is 3. The summed E-state index contributed by atoms with van der Waals surface area (Å²) in [4.78, 5) is 24.4. The highest BCUT2D eigenvalue weighted by Gasteiger charge is 2.26. The average molecular weight is 256 g/mol. The van der Waals surface area contributed by atoms with Gasteiger partial charge in [0.2, 0.25) is 5.91 Å². The molecule has 18 heavy (non-hydrogen) atoms. The highest BCUT2D eigenvalue weighted by molar-refractivity contribution is 5.78. The summed E-state index contributed by atoms with van der Waals surface area (Å²) in [6, 6.07) is 0.292.